The van der Waals surface area contributed by atoms with E-state index in [1.165, 1.54) is 38.5 Å². The van der Waals surface area contributed by atoms with Crippen LogP contribution in [-0.4, -0.2) is 31.0 Å². The van der Waals surface area contributed by atoms with Crippen LogP contribution in [0.25, 0.3) is 0 Å². The van der Waals surface area contributed by atoms with Gasteiger partial charge in [-0.05, 0) is 24.3 Å². The van der Waals surface area contributed by atoms with Crippen LogP contribution < -0.4 is 20.1 Å². The fourth-order valence-corrected chi connectivity index (χ4v) is 2.22. The molecule has 0 unspecified atom stereocenters. The van der Waals surface area contributed by atoms with Crippen molar-refractivity contribution in [1.29, 1.82) is 0 Å². The normalized spacial score (nSPS) is 9.96. The van der Waals surface area contributed by atoms with Gasteiger partial charge in [0.25, 0.3) is 5.69 Å². The number of anilines is 2. The first kappa shape index (κ1) is 19.0. The maximum atomic E-state index is 12.1. The largest absolute Gasteiger partial charge is 0.495 e. The maximum absolute atomic E-state index is 12.1. The van der Waals surface area contributed by atoms with Crippen molar-refractivity contribution in [2.75, 3.05) is 24.9 Å². The van der Waals surface area contributed by atoms with Crippen LogP contribution in [0.5, 0.6) is 11.5 Å². The predicted molar refractivity (Wildman–Crippen MR) is 94.9 cm³/mol. The summed E-state index contributed by atoms with van der Waals surface area (Å²) >= 11 is 5.87. The lowest BCUT2D eigenvalue weighted by molar-refractivity contribution is -0.384. The van der Waals surface area contributed by atoms with Crippen molar-refractivity contribution >= 4 is 40.5 Å². The van der Waals surface area contributed by atoms with E-state index in [1.807, 2.05) is 0 Å². The molecule has 0 radical (unpaired) electrons. The number of hydrogen-bond acceptors (Lipinski definition) is 6. The minimum atomic E-state index is -1.05. The minimum absolute atomic E-state index is 0.0140. The number of nitrogens with one attached hydrogen (secondary N) is 2. The molecule has 2 amide bonds. The van der Waals surface area contributed by atoms with Gasteiger partial charge >= 0.3 is 11.8 Å². The summed E-state index contributed by atoms with van der Waals surface area (Å²) in [6.45, 7) is 0. The summed E-state index contributed by atoms with van der Waals surface area (Å²) in [5.41, 5.74) is -0.0796. The van der Waals surface area contributed by atoms with E-state index in [0.717, 1.165) is 6.07 Å². The lowest BCUT2D eigenvalue weighted by Crippen LogP contribution is -2.29. The quantitative estimate of drug-likeness (QED) is 0.468. The molecule has 2 rings (SSSR count). The second-order valence-electron chi connectivity index (χ2n) is 4.89. The molecule has 10 heteroatoms. The number of nitro benzene ring substituents is 1. The van der Waals surface area contributed by atoms with Gasteiger partial charge < -0.3 is 20.1 Å². The van der Waals surface area contributed by atoms with Crippen molar-refractivity contribution in [1.82, 2.24) is 0 Å². The second kappa shape index (κ2) is 8.17. The molecular weight excluding hydrogens is 366 g/mol. The Labute approximate surface area is 153 Å². The van der Waals surface area contributed by atoms with Crippen LogP contribution in [0.15, 0.2) is 36.4 Å². The lowest BCUT2D eigenvalue weighted by Gasteiger charge is -2.12. The minimum Gasteiger partial charge on any atom is -0.495 e. The highest BCUT2D eigenvalue weighted by Crippen LogP contribution is 2.30. The number of ether oxygens (including phenoxy) is 2. The Bertz CT molecular complexity index is 871. The van der Waals surface area contributed by atoms with E-state index < -0.39 is 16.7 Å². The van der Waals surface area contributed by atoms with Crippen LogP contribution in [0.3, 0.4) is 0 Å². The van der Waals surface area contributed by atoms with E-state index >= 15 is 0 Å². The molecular formula is C16H14ClN3O6. The van der Waals surface area contributed by atoms with Gasteiger partial charge in [0.1, 0.15) is 11.5 Å². The number of halogens is 1. The van der Waals surface area contributed by atoms with E-state index in [2.05, 4.69) is 10.6 Å². The number of carbonyl (C=O) groups is 2. The van der Waals surface area contributed by atoms with E-state index in [4.69, 9.17) is 21.1 Å². The van der Waals surface area contributed by atoms with Crippen LogP contribution in [0.2, 0.25) is 5.02 Å². The molecule has 9 nitrogen and oxygen atoms in total. The molecule has 2 N–H and O–H groups in total. The number of carbonyl (C=O) groups excluding carboxylic acids is 2. The van der Waals surface area contributed by atoms with E-state index in [9.17, 15) is 19.7 Å². The summed E-state index contributed by atoms with van der Waals surface area (Å²) in [4.78, 5) is 34.5. The molecule has 0 bridgehead atoms. The van der Waals surface area contributed by atoms with Crippen molar-refractivity contribution < 1.29 is 24.0 Å². The highest BCUT2D eigenvalue weighted by molar-refractivity contribution is 6.44. The van der Waals surface area contributed by atoms with Crippen molar-refractivity contribution in [3.63, 3.8) is 0 Å². The van der Waals surface area contributed by atoms with Crippen LogP contribution in [0.4, 0.5) is 17.1 Å². The van der Waals surface area contributed by atoms with Crippen LogP contribution in [0.1, 0.15) is 0 Å². The Balaban J connectivity index is 2.20. The molecule has 0 aromatic heterocycles. The Kier molecular flexibility index (Phi) is 5.97. The SMILES string of the molecule is COc1ccc(Cl)cc1NC(=O)C(=O)Nc1cc([N+](=O)[O-])ccc1OC. The van der Waals surface area contributed by atoms with Crippen LogP contribution in [-0.2, 0) is 9.59 Å². The van der Waals surface area contributed by atoms with Gasteiger partial charge in [-0.15, -0.1) is 0 Å². The molecule has 0 atom stereocenters. The molecule has 0 saturated heterocycles. The summed E-state index contributed by atoms with van der Waals surface area (Å²) < 4.78 is 10.1. The zero-order chi connectivity index (χ0) is 19.3. The van der Waals surface area contributed by atoms with Gasteiger partial charge in [-0.25, -0.2) is 0 Å². The summed E-state index contributed by atoms with van der Waals surface area (Å²) in [6, 6.07) is 8.12. The maximum Gasteiger partial charge on any atom is 0.314 e. The number of nitrogens with zero attached hydrogens (tertiary/aromatic N) is 1. The Morgan fingerprint density at radius 2 is 1.46 bits per heavy atom. The van der Waals surface area contributed by atoms with E-state index in [-0.39, 0.29) is 22.8 Å². The molecule has 0 aliphatic heterocycles. The Morgan fingerprint density at radius 1 is 0.962 bits per heavy atom. The van der Waals surface area contributed by atoms with Gasteiger partial charge in [0, 0.05) is 17.2 Å². The number of rotatable bonds is 5. The standard InChI is InChI=1S/C16H14ClN3O6/c1-25-13-5-3-9(17)7-11(13)18-15(21)16(22)19-12-8-10(20(23)24)4-6-14(12)26-2/h3-8H,1-2H3,(H,18,21)(H,19,22). The second-order valence-corrected chi connectivity index (χ2v) is 5.33. The van der Waals surface area contributed by atoms with Gasteiger partial charge in [-0.2, -0.15) is 0 Å². The van der Waals surface area contributed by atoms with Gasteiger partial charge in [-0.1, -0.05) is 11.6 Å². The smallest absolute Gasteiger partial charge is 0.314 e. The molecule has 0 aliphatic carbocycles. The third-order valence-corrected chi connectivity index (χ3v) is 3.49. The highest BCUT2D eigenvalue weighted by Gasteiger charge is 2.20. The molecule has 0 spiro atoms. The molecule has 0 saturated carbocycles. The van der Waals surface area contributed by atoms with E-state index in [1.54, 1.807) is 6.07 Å². The Hall–Kier alpha value is -3.33. The molecule has 0 heterocycles. The zero-order valence-electron chi connectivity index (χ0n) is 13.7. The first-order valence-electron chi connectivity index (χ1n) is 7.14. The van der Waals surface area contributed by atoms with Gasteiger partial charge in [0.2, 0.25) is 0 Å². The van der Waals surface area contributed by atoms with Crippen molar-refractivity contribution in [2.24, 2.45) is 0 Å². The van der Waals surface area contributed by atoms with Crippen molar-refractivity contribution in [3.8, 4) is 11.5 Å². The third-order valence-electron chi connectivity index (χ3n) is 3.26. The number of benzene rings is 2. The first-order chi connectivity index (χ1) is 12.3. The van der Waals surface area contributed by atoms with E-state index in [0.29, 0.717) is 10.8 Å². The monoisotopic (exact) mass is 379 g/mol. The van der Waals surface area contributed by atoms with Crippen LogP contribution in [0, 0.1) is 10.1 Å². The zero-order valence-corrected chi connectivity index (χ0v) is 14.5. The number of methoxy groups -OCH3 is 2. The fourth-order valence-electron chi connectivity index (χ4n) is 2.04. The average molecular weight is 380 g/mol. The Morgan fingerprint density at radius 3 is 1.96 bits per heavy atom. The molecule has 0 aliphatic rings. The summed E-state index contributed by atoms with van der Waals surface area (Å²) in [5, 5.41) is 15.8. The number of hydrogen-bond donors (Lipinski definition) is 2. The number of amides is 2. The average Bonchev–Trinajstić information content (AvgIpc) is 2.61. The molecule has 0 fully saturated rings. The topological polar surface area (TPSA) is 120 Å². The molecule has 26 heavy (non-hydrogen) atoms. The van der Waals surface area contributed by atoms with Gasteiger partial charge in [0.05, 0.1) is 30.5 Å². The highest BCUT2D eigenvalue weighted by atomic mass is 35.5. The summed E-state index contributed by atoms with van der Waals surface area (Å²) in [6.07, 6.45) is 0. The number of nitro groups is 1. The first-order valence-corrected chi connectivity index (χ1v) is 7.51. The molecule has 136 valence electrons. The van der Waals surface area contributed by atoms with Gasteiger partial charge in [0.15, 0.2) is 0 Å². The van der Waals surface area contributed by atoms with Crippen molar-refractivity contribution in [2.45, 2.75) is 0 Å². The van der Waals surface area contributed by atoms with Gasteiger partial charge in [-0.3, -0.25) is 19.7 Å². The number of non-ortho nitro benzene ring substituents is 1. The lowest BCUT2D eigenvalue weighted by atomic mass is 10.2. The summed E-state index contributed by atoms with van der Waals surface area (Å²) in [7, 11) is 2.72. The van der Waals surface area contributed by atoms with Crippen molar-refractivity contribution in [3.05, 3.63) is 51.5 Å². The molecule has 2 aromatic rings. The predicted octanol–water partition coefficient (Wildman–Crippen LogP) is 2.84. The third kappa shape index (κ3) is 4.39. The fraction of sp³-hybridized carbons (Fsp3) is 0.125. The molecule has 2 aromatic carbocycles. The van der Waals surface area contributed by atoms with Crippen LogP contribution >= 0.6 is 11.6 Å². The summed E-state index contributed by atoms with van der Waals surface area (Å²) in [5.74, 6) is -1.59.